The summed E-state index contributed by atoms with van der Waals surface area (Å²) in [5, 5.41) is 0. The molecule has 0 unspecified atom stereocenters. The maximum Gasteiger partial charge on any atom is 0.255 e. The number of rotatable bonds is 3. The van der Waals surface area contributed by atoms with Crippen LogP contribution in [0.4, 0.5) is 13.2 Å². The molecule has 7 heteroatoms. The van der Waals surface area contributed by atoms with E-state index in [9.17, 15) is 18.0 Å². The summed E-state index contributed by atoms with van der Waals surface area (Å²) in [6.45, 7) is 1.03. The van der Waals surface area contributed by atoms with E-state index in [2.05, 4.69) is 9.97 Å². The van der Waals surface area contributed by atoms with Crippen LogP contribution in [0.15, 0.2) is 16.9 Å². The molecule has 2 aromatic rings. The highest BCUT2D eigenvalue weighted by molar-refractivity contribution is 5.24. The van der Waals surface area contributed by atoms with Crippen molar-refractivity contribution in [2.24, 2.45) is 0 Å². The molecule has 1 aliphatic carbocycles. The summed E-state index contributed by atoms with van der Waals surface area (Å²) >= 11 is 0. The molecule has 1 saturated carbocycles. The average Bonchev–Trinajstić information content (AvgIpc) is 3.41. The Morgan fingerprint density at radius 2 is 2.00 bits per heavy atom. The van der Waals surface area contributed by atoms with Crippen molar-refractivity contribution < 1.29 is 13.2 Å². The molecular formula is C17H16F3N3O. The van der Waals surface area contributed by atoms with Gasteiger partial charge in [-0.15, -0.1) is 0 Å². The van der Waals surface area contributed by atoms with Crippen molar-refractivity contribution in [3.8, 4) is 0 Å². The number of nitrogens with one attached hydrogen (secondary N) is 1. The molecule has 4 nitrogen and oxygen atoms in total. The van der Waals surface area contributed by atoms with Crippen molar-refractivity contribution in [3.63, 3.8) is 0 Å². The van der Waals surface area contributed by atoms with E-state index in [-0.39, 0.29) is 17.7 Å². The van der Waals surface area contributed by atoms with Gasteiger partial charge in [-0.1, -0.05) is 6.07 Å². The fourth-order valence-electron chi connectivity index (χ4n) is 3.11. The third kappa shape index (κ3) is 2.73. The largest absolute Gasteiger partial charge is 0.310 e. The van der Waals surface area contributed by atoms with Gasteiger partial charge in [0.05, 0.1) is 11.3 Å². The first-order valence-electron chi connectivity index (χ1n) is 7.99. The van der Waals surface area contributed by atoms with E-state index in [1.165, 1.54) is 6.07 Å². The van der Waals surface area contributed by atoms with Gasteiger partial charge in [-0.25, -0.2) is 18.2 Å². The summed E-state index contributed by atoms with van der Waals surface area (Å²) in [6.07, 6.45) is 2.71. The molecule has 1 aliphatic heterocycles. The van der Waals surface area contributed by atoms with Crippen LogP contribution < -0.4 is 5.56 Å². The number of benzene rings is 1. The molecule has 1 aromatic carbocycles. The molecule has 1 N–H and O–H groups in total. The summed E-state index contributed by atoms with van der Waals surface area (Å²) in [5.41, 5.74) is 1.30. The summed E-state index contributed by atoms with van der Waals surface area (Å²) < 4.78 is 40.2. The average molecular weight is 335 g/mol. The molecule has 1 fully saturated rings. The molecule has 1 aromatic heterocycles. The van der Waals surface area contributed by atoms with Crippen LogP contribution in [-0.4, -0.2) is 21.4 Å². The van der Waals surface area contributed by atoms with Gasteiger partial charge in [0.25, 0.3) is 5.56 Å². The lowest BCUT2D eigenvalue weighted by molar-refractivity contribution is 0.236. The van der Waals surface area contributed by atoms with Crippen LogP contribution in [-0.2, 0) is 19.5 Å². The van der Waals surface area contributed by atoms with Crippen molar-refractivity contribution in [1.29, 1.82) is 0 Å². The smallest absolute Gasteiger partial charge is 0.255 e. The van der Waals surface area contributed by atoms with Gasteiger partial charge in [-0.3, -0.25) is 9.69 Å². The molecule has 2 aliphatic rings. The topological polar surface area (TPSA) is 49.0 Å². The van der Waals surface area contributed by atoms with Gasteiger partial charge in [0.15, 0.2) is 17.5 Å². The molecule has 126 valence electrons. The van der Waals surface area contributed by atoms with Crippen LogP contribution in [0.1, 0.15) is 41.4 Å². The van der Waals surface area contributed by atoms with Gasteiger partial charge in [-0.2, -0.15) is 0 Å². The van der Waals surface area contributed by atoms with Crippen LogP contribution in [0, 0.1) is 17.5 Å². The minimum absolute atomic E-state index is 0.0799. The van der Waals surface area contributed by atoms with E-state index in [1.54, 1.807) is 0 Å². The van der Waals surface area contributed by atoms with Gasteiger partial charge in [0.1, 0.15) is 5.82 Å². The lowest BCUT2D eigenvalue weighted by Crippen LogP contribution is -2.36. The highest BCUT2D eigenvalue weighted by atomic mass is 19.2. The van der Waals surface area contributed by atoms with Crippen molar-refractivity contribution in [2.75, 3.05) is 6.54 Å². The second-order valence-electron chi connectivity index (χ2n) is 6.45. The Labute approximate surface area is 136 Å². The van der Waals surface area contributed by atoms with E-state index in [4.69, 9.17) is 0 Å². The minimum Gasteiger partial charge on any atom is -0.310 e. The maximum atomic E-state index is 13.8. The van der Waals surface area contributed by atoms with Crippen LogP contribution in [0.25, 0.3) is 0 Å². The maximum absolute atomic E-state index is 13.8. The Balaban J connectivity index is 1.56. The first kappa shape index (κ1) is 15.4. The molecule has 24 heavy (non-hydrogen) atoms. The fraction of sp³-hybridized carbons (Fsp3) is 0.412. The summed E-state index contributed by atoms with van der Waals surface area (Å²) in [5.74, 6) is -2.69. The molecule has 0 radical (unpaired) electrons. The summed E-state index contributed by atoms with van der Waals surface area (Å²) in [4.78, 5) is 21.5. The highest BCUT2D eigenvalue weighted by Crippen LogP contribution is 2.37. The molecule has 0 bridgehead atoms. The molecular weight excluding hydrogens is 319 g/mol. The van der Waals surface area contributed by atoms with Crippen LogP contribution in [0.5, 0.6) is 0 Å². The van der Waals surface area contributed by atoms with Crippen LogP contribution in [0.2, 0.25) is 0 Å². The fourth-order valence-corrected chi connectivity index (χ4v) is 3.11. The lowest BCUT2D eigenvalue weighted by Gasteiger charge is -2.27. The van der Waals surface area contributed by atoms with Gasteiger partial charge in [0, 0.05) is 37.5 Å². The van der Waals surface area contributed by atoms with Crippen molar-refractivity contribution >= 4 is 0 Å². The quantitative estimate of drug-likeness (QED) is 0.877. The molecule has 0 amide bonds. The Morgan fingerprint density at radius 3 is 2.75 bits per heavy atom. The number of H-pyrrole nitrogens is 1. The number of aromatic amines is 1. The van der Waals surface area contributed by atoms with Crippen LogP contribution >= 0.6 is 0 Å². The number of hydrogen-bond donors (Lipinski definition) is 1. The van der Waals surface area contributed by atoms with Gasteiger partial charge >= 0.3 is 0 Å². The van der Waals surface area contributed by atoms with E-state index in [1.807, 2.05) is 4.90 Å². The number of aromatic nitrogens is 2. The summed E-state index contributed by atoms with van der Waals surface area (Å²) in [7, 11) is 0. The van der Waals surface area contributed by atoms with Gasteiger partial charge in [0.2, 0.25) is 0 Å². The van der Waals surface area contributed by atoms with Gasteiger partial charge < -0.3 is 4.98 Å². The van der Waals surface area contributed by atoms with E-state index >= 15 is 0 Å². The first-order valence-corrected chi connectivity index (χ1v) is 7.99. The lowest BCUT2D eigenvalue weighted by atomic mass is 10.1. The molecule has 2 heterocycles. The Kier molecular flexibility index (Phi) is 3.68. The van der Waals surface area contributed by atoms with Crippen molar-refractivity contribution in [3.05, 3.63) is 62.6 Å². The third-order valence-electron chi connectivity index (χ3n) is 4.64. The monoisotopic (exact) mass is 335 g/mol. The van der Waals surface area contributed by atoms with E-state index < -0.39 is 17.5 Å². The van der Waals surface area contributed by atoms with Crippen molar-refractivity contribution in [2.45, 2.75) is 38.3 Å². The zero-order valence-corrected chi connectivity index (χ0v) is 12.9. The molecule has 0 spiro atoms. The van der Waals surface area contributed by atoms with Crippen LogP contribution in [0.3, 0.4) is 0 Å². The normalized spacial score (nSPS) is 17.8. The first-order chi connectivity index (χ1) is 11.5. The minimum atomic E-state index is -1.46. The SMILES string of the molecule is O=c1[nH]c(C2CC2)nc2c1CN(Cc1ccc(F)c(F)c1F)CC2. The third-order valence-corrected chi connectivity index (χ3v) is 4.64. The highest BCUT2D eigenvalue weighted by Gasteiger charge is 2.29. The van der Waals surface area contributed by atoms with E-state index in [0.717, 1.165) is 30.4 Å². The second-order valence-corrected chi connectivity index (χ2v) is 6.45. The number of hydrogen-bond acceptors (Lipinski definition) is 3. The zero-order valence-electron chi connectivity index (χ0n) is 12.9. The Morgan fingerprint density at radius 1 is 1.21 bits per heavy atom. The number of nitrogens with zero attached hydrogens (tertiary/aromatic N) is 2. The zero-order chi connectivity index (χ0) is 16.8. The van der Waals surface area contributed by atoms with Crippen molar-refractivity contribution in [1.82, 2.24) is 14.9 Å². The molecule has 0 atom stereocenters. The predicted octanol–water partition coefficient (Wildman–Crippen LogP) is 2.62. The Hall–Kier alpha value is -2.15. The molecule has 0 saturated heterocycles. The molecule has 4 rings (SSSR count). The van der Waals surface area contributed by atoms with Gasteiger partial charge in [-0.05, 0) is 18.9 Å². The number of fused-ring (bicyclic) bond motifs is 1. The second kappa shape index (κ2) is 5.73. The summed E-state index contributed by atoms with van der Waals surface area (Å²) in [6, 6.07) is 2.16. The number of halogens is 3. The standard InChI is InChI=1S/C17H16F3N3O/c18-12-4-3-10(14(19)15(12)20)7-23-6-5-13-11(8-23)17(24)22-16(21-13)9-1-2-9/h3-4,9H,1-2,5-8H2,(H,21,22,24). The predicted molar refractivity (Wildman–Crippen MR) is 81.0 cm³/mol. The Bertz CT molecular complexity index is 861. The van der Waals surface area contributed by atoms with E-state index in [0.29, 0.717) is 31.0 Å².